The van der Waals surface area contributed by atoms with Crippen LogP contribution in [0.25, 0.3) is 0 Å². The molecular weight excluding hydrogens is 371 g/mol. The van der Waals surface area contributed by atoms with Crippen LogP contribution in [0.3, 0.4) is 0 Å². The number of fused-ring (bicyclic) bond motifs is 5. The van der Waals surface area contributed by atoms with E-state index in [-0.39, 0.29) is 12.1 Å². The molecule has 5 heteroatoms. The van der Waals surface area contributed by atoms with E-state index >= 15 is 0 Å². The van der Waals surface area contributed by atoms with E-state index in [0.29, 0.717) is 29.3 Å². The average Bonchev–Trinajstić information content (AvgIpc) is 3.09. The number of anilines is 1. The fraction of sp³-hybridized carbons (Fsp3) is 0.680. The SMILES string of the molecule is CC.CC12CCC3c4cc(N5CCB(C#N)CC5)c(O)cc4CCC3C1CCC2=O. The molecule has 4 nitrogen and oxygen atoms in total. The molecule has 0 bridgehead atoms. The molecule has 1 aromatic rings. The highest BCUT2D eigenvalue weighted by molar-refractivity contribution is 6.67. The molecule has 3 fully saturated rings. The number of carbonyl (C=O) groups is 1. The van der Waals surface area contributed by atoms with E-state index in [1.165, 1.54) is 11.1 Å². The first kappa shape index (κ1) is 21.3. The van der Waals surface area contributed by atoms with Gasteiger partial charge < -0.3 is 10.0 Å². The van der Waals surface area contributed by atoms with Crippen molar-refractivity contribution in [1.29, 1.82) is 5.26 Å². The minimum Gasteiger partial charge on any atom is -0.506 e. The van der Waals surface area contributed by atoms with Crippen LogP contribution in [0.5, 0.6) is 5.75 Å². The second-order valence-corrected chi connectivity index (χ2v) is 9.76. The van der Waals surface area contributed by atoms with E-state index in [4.69, 9.17) is 5.26 Å². The molecule has 160 valence electrons. The van der Waals surface area contributed by atoms with Gasteiger partial charge >= 0.3 is 0 Å². The normalized spacial score (nSPS) is 32.3. The summed E-state index contributed by atoms with van der Waals surface area (Å²) in [5.74, 6) is 4.96. The van der Waals surface area contributed by atoms with Crippen molar-refractivity contribution in [2.45, 2.75) is 77.9 Å². The summed E-state index contributed by atoms with van der Waals surface area (Å²) in [6, 6.07) is 4.26. The number of hydrogen-bond acceptors (Lipinski definition) is 4. The minimum absolute atomic E-state index is 0.0857. The van der Waals surface area contributed by atoms with E-state index < -0.39 is 0 Å². The number of Topliss-reactive ketones (excluding diaryl/α,β-unsaturated/α-hetero) is 1. The van der Waals surface area contributed by atoms with Crippen molar-refractivity contribution in [3.8, 4) is 11.7 Å². The third-order valence-corrected chi connectivity index (χ3v) is 8.55. The van der Waals surface area contributed by atoms with Crippen molar-refractivity contribution in [3.63, 3.8) is 0 Å². The van der Waals surface area contributed by atoms with Gasteiger partial charge in [0.05, 0.1) is 5.69 Å². The van der Waals surface area contributed by atoms with Gasteiger partial charge in [0.25, 0.3) is 6.71 Å². The van der Waals surface area contributed by atoms with Crippen LogP contribution in [0.15, 0.2) is 12.1 Å². The molecule has 30 heavy (non-hydrogen) atoms. The van der Waals surface area contributed by atoms with Crippen LogP contribution in [0.4, 0.5) is 5.69 Å². The molecule has 1 N–H and O–H groups in total. The Bertz CT molecular complexity index is 855. The van der Waals surface area contributed by atoms with Crippen molar-refractivity contribution in [2.24, 2.45) is 17.3 Å². The molecule has 1 heterocycles. The molecule has 0 aromatic heterocycles. The number of aryl methyl sites for hydroxylation is 1. The van der Waals surface area contributed by atoms with Gasteiger partial charge in [-0.2, -0.15) is 0 Å². The molecule has 2 saturated carbocycles. The van der Waals surface area contributed by atoms with Crippen molar-refractivity contribution >= 4 is 18.2 Å². The highest BCUT2D eigenvalue weighted by Gasteiger charge is 2.54. The maximum Gasteiger partial charge on any atom is 0.271 e. The lowest BCUT2D eigenvalue weighted by molar-refractivity contribution is -0.129. The van der Waals surface area contributed by atoms with Gasteiger partial charge in [-0.25, -0.2) is 5.26 Å². The number of nitrogens with zero attached hydrogens (tertiary/aromatic N) is 2. The Balaban J connectivity index is 0.00000106. The summed E-state index contributed by atoms with van der Waals surface area (Å²) in [5.41, 5.74) is 3.60. The first-order chi connectivity index (χ1) is 14.5. The smallest absolute Gasteiger partial charge is 0.271 e. The van der Waals surface area contributed by atoms with Gasteiger partial charge in [0.15, 0.2) is 0 Å². The van der Waals surface area contributed by atoms with Crippen molar-refractivity contribution in [2.75, 3.05) is 18.0 Å². The zero-order valence-corrected chi connectivity index (χ0v) is 18.8. The lowest BCUT2D eigenvalue weighted by Crippen LogP contribution is -2.42. The van der Waals surface area contributed by atoms with E-state index in [1.807, 2.05) is 19.9 Å². The van der Waals surface area contributed by atoms with Gasteiger partial charge in [-0.05, 0) is 85.8 Å². The Hall–Kier alpha value is -1.96. The molecule has 4 unspecified atom stereocenters. The summed E-state index contributed by atoms with van der Waals surface area (Å²) < 4.78 is 0. The van der Waals surface area contributed by atoms with Gasteiger partial charge in [0.1, 0.15) is 11.5 Å². The molecule has 0 amide bonds. The summed E-state index contributed by atoms with van der Waals surface area (Å²) in [6.07, 6.45) is 7.87. The van der Waals surface area contributed by atoms with E-state index in [2.05, 4.69) is 23.9 Å². The monoisotopic (exact) mass is 406 g/mol. The van der Waals surface area contributed by atoms with Crippen molar-refractivity contribution in [1.82, 2.24) is 0 Å². The van der Waals surface area contributed by atoms with Crippen LogP contribution in [0.1, 0.15) is 69.9 Å². The number of phenols is 1. The summed E-state index contributed by atoms with van der Waals surface area (Å²) in [6.45, 7) is 8.05. The number of aromatic hydroxyl groups is 1. The number of hydrogen-bond donors (Lipinski definition) is 1. The Kier molecular flexibility index (Phi) is 5.88. The van der Waals surface area contributed by atoms with Crippen LogP contribution in [0, 0.1) is 28.5 Å². The number of benzene rings is 1. The van der Waals surface area contributed by atoms with Crippen molar-refractivity contribution in [3.05, 3.63) is 23.3 Å². The van der Waals surface area contributed by atoms with E-state index in [1.54, 1.807) is 0 Å². The summed E-state index contributed by atoms with van der Waals surface area (Å²) >= 11 is 0. The Morgan fingerprint density at radius 3 is 2.60 bits per heavy atom. The predicted molar refractivity (Wildman–Crippen MR) is 122 cm³/mol. The van der Waals surface area contributed by atoms with Gasteiger partial charge in [0, 0.05) is 30.9 Å². The third kappa shape index (κ3) is 3.33. The van der Waals surface area contributed by atoms with E-state index in [9.17, 15) is 9.90 Å². The van der Waals surface area contributed by atoms with Crippen LogP contribution >= 0.6 is 0 Å². The molecule has 5 rings (SSSR count). The van der Waals surface area contributed by atoms with Crippen molar-refractivity contribution < 1.29 is 9.90 Å². The van der Waals surface area contributed by atoms with E-state index in [0.717, 1.165) is 69.9 Å². The first-order valence-electron chi connectivity index (χ1n) is 12.0. The summed E-state index contributed by atoms with van der Waals surface area (Å²) in [7, 11) is 0. The van der Waals surface area contributed by atoms with Gasteiger partial charge in [-0.15, -0.1) is 0 Å². The standard InChI is InChI=1S/C23H29BN2O2.C2H6/c1-23-7-6-16-17(19(23)4-5-22(23)28)3-2-15-12-21(27)20(13-18(15)16)26-10-8-24(14-25)9-11-26;1-2/h12-13,16-17,19,27H,2-11H2,1H3;1-2H3. The molecule has 1 aromatic carbocycles. The highest BCUT2D eigenvalue weighted by atomic mass is 16.3. The molecule has 1 aliphatic heterocycles. The lowest BCUT2D eigenvalue weighted by atomic mass is 9.45. The van der Waals surface area contributed by atoms with Gasteiger partial charge in [0.2, 0.25) is 0 Å². The average molecular weight is 406 g/mol. The summed E-state index contributed by atoms with van der Waals surface area (Å²) in [4.78, 5) is 14.8. The molecule has 3 aliphatic carbocycles. The zero-order valence-electron chi connectivity index (χ0n) is 18.8. The summed E-state index contributed by atoms with van der Waals surface area (Å²) in [5, 5.41) is 19.9. The number of carbonyl (C=O) groups excluding carboxylic acids is 1. The molecule has 1 saturated heterocycles. The molecule has 0 spiro atoms. The largest absolute Gasteiger partial charge is 0.506 e. The Labute approximate surface area is 181 Å². The second kappa shape index (κ2) is 8.29. The van der Waals surface area contributed by atoms with Gasteiger partial charge in [-0.1, -0.05) is 20.8 Å². The Morgan fingerprint density at radius 1 is 1.17 bits per heavy atom. The van der Waals surface area contributed by atoms with Gasteiger partial charge in [-0.3, -0.25) is 4.79 Å². The molecule has 4 atom stereocenters. The predicted octanol–water partition coefficient (Wildman–Crippen LogP) is 5.22. The third-order valence-electron chi connectivity index (χ3n) is 8.55. The Morgan fingerprint density at radius 2 is 1.90 bits per heavy atom. The number of phenolic OH excluding ortho intramolecular Hbond substituents is 1. The first-order valence-corrected chi connectivity index (χ1v) is 12.0. The highest BCUT2D eigenvalue weighted by Crippen LogP contribution is 2.60. The fourth-order valence-electron chi connectivity index (χ4n) is 6.87. The van der Waals surface area contributed by atoms with Crippen LogP contribution in [-0.2, 0) is 11.2 Å². The second-order valence-electron chi connectivity index (χ2n) is 9.76. The van der Waals surface area contributed by atoms with Crippen LogP contribution < -0.4 is 4.90 Å². The molecule has 4 aliphatic rings. The number of ketones is 1. The maximum absolute atomic E-state index is 12.5. The molecular formula is C25H35BN2O2. The maximum atomic E-state index is 12.5. The number of rotatable bonds is 1. The zero-order chi connectivity index (χ0) is 21.5. The van der Waals surface area contributed by atoms with Crippen LogP contribution in [0.2, 0.25) is 12.6 Å². The molecule has 0 radical (unpaired) electrons. The lowest BCUT2D eigenvalue weighted by Gasteiger charge is -2.48. The quantitative estimate of drug-likeness (QED) is 0.650. The fourth-order valence-corrected chi connectivity index (χ4v) is 6.87. The topological polar surface area (TPSA) is 64.3 Å². The number of nitriles is 1. The van der Waals surface area contributed by atoms with Crippen LogP contribution in [-0.4, -0.2) is 30.7 Å². The minimum atomic E-state index is -0.0857.